The molecule has 1 aromatic carbocycles. The number of benzene rings is 1. The molecule has 100 valence electrons. The molecule has 0 atom stereocenters. The van der Waals surface area contributed by atoms with Gasteiger partial charge in [0.2, 0.25) is 0 Å². The number of carbonyl (C=O) groups excluding carboxylic acids is 1. The lowest BCUT2D eigenvalue weighted by Crippen LogP contribution is -2.13. The molecule has 0 radical (unpaired) electrons. The van der Waals surface area contributed by atoms with Crippen molar-refractivity contribution in [2.45, 2.75) is 26.2 Å². The zero-order valence-electron chi connectivity index (χ0n) is 11.2. The van der Waals surface area contributed by atoms with Crippen LogP contribution < -0.4 is 4.74 Å². The first-order valence-electron chi connectivity index (χ1n) is 6.63. The van der Waals surface area contributed by atoms with Crippen molar-refractivity contribution < 1.29 is 14.3 Å². The Labute approximate surface area is 111 Å². The highest BCUT2D eigenvalue weighted by Gasteiger charge is 2.22. The van der Waals surface area contributed by atoms with Gasteiger partial charge in [-0.1, -0.05) is 0 Å². The standard InChI is InChI=1S/C15H17NO3/c1-3-19-15(17)16-8-7-12-13(18-2)9-10-5-4-6-11(10)14(12)16/h7-9H,3-6H2,1-2H3. The van der Waals surface area contributed by atoms with Gasteiger partial charge in [-0.2, -0.15) is 0 Å². The van der Waals surface area contributed by atoms with E-state index in [0.29, 0.717) is 6.61 Å². The molecular weight excluding hydrogens is 242 g/mol. The van der Waals surface area contributed by atoms with Gasteiger partial charge in [-0.15, -0.1) is 0 Å². The summed E-state index contributed by atoms with van der Waals surface area (Å²) in [5.41, 5.74) is 3.49. The number of aryl methyl sites for hydroxylation is 2. The minimum atomic E-state index is -0.320. The second-order valence-electron chi connectivity index (χ2n) is 4.72. The number of rotatable bonds is 2. The van der Waals surface area contributed by atoms with Crippen LogP contribution in [0.1, 0.15) is 24.5 Å². The van der Waals surface area contributed by atoms with E-state index in [4.69, 9.17) is 9.47 Å². The summed E-state index contributed by atoms with van der Waals surface area (Å²) in [6, 6.07) is 4.02. The second-order valence-corrected chi connectivity index (χ2v) is 4.72. The van der Waals surface area contributed by atoms with Crippen LogP contribution in [-0.2, 0) is 17.6 Å². The number of nitrogens with zero attached hydrogens (tertiary/aromatic N) is 1. The van der Waals surface area contributed by atoms with Crippen molar-refractivity contribution >= 4 is 17.0 Å². The molecule has 0 unspecified atom stereocenters. The summed E-state index contributed by atoms with van der Waals surface area (Å²) in [7, 11) is 1.66. The lowest BCUT2D eigenvalue weighted by atomic mass is 10.1. The molecule has 3 rings (SSSR count). The van der Waals surface area contributed by atoms with Crippen molar-refractivity contribution in [2.24, 2.45) is 0 Å². The van der Waals surface area contributed by atoms with Crippen LogP contribution in [0, 0.1) is 0 Å². The number of methoxy groups -OCH3 is 1. The van der Waals surface area contributed by atoms with Gasteiger partial charge in [0, 0.05) is 11.6 Å². The quantitative estimate of drug-likeness (QED) is 0.831. The summed E-state index contributed by atoms with van der Waals surface area (Å²) in [4.78, 5) is 12.0. The third kappa shape index (κ3) is 1.79. The molecule has 4 heteroatoms. The van der Waals surface area contributed by atoms with E-state index in [1.807, 2.05) is 13.0 Å². The molecule has 0 bridgehead atoms. The molecule has 0 amide bonds. The van der Waals surface area contributed by atoms with Gasteiger partial charge in [-0.05, 0) is 49.4 Å². The lowest BCUT2D eigenvalue weighted by molar-refractivity contribution is 0.155. The summed E-state index contributed by atoms with van der Waals surface area (Å²) >= 11 is 0. The monoisotopic (exact) mass is 259 g/mol. The highest BCUT2D eigenvalue weighted by molar-refractivity contribution is 5.96. The maximum Gasteiger partial charge on any atom is 0.418 e. The van der Waals surface area contributed by atoms with Crippen LogP contribution in [0.25, 0.3) is 10.9 Å². The maximum atomic E-state index is 12.0. The molecule has 1 heterocycles. The van der Waals surface area contributed by atoms with Crippen molar-refractivity contribution in [3.8, 4) is 5.75 Å². The molecule has 0 aliphatic heterocycles. The van der Waals surface area contributed by atoms with Gasteiger partial charge in [-0.3, -0.25) is 4.57 Å². The van der Waals surface area contributed by atoms with Crippen molar-refractivity contribution in [1.29, 1.82) is 0 Å². The van der Waals surface area contributed by atoms with E-state index in [-0.39, 0.29) is 6.09 Å². The smallest absolute Gasteiger partial charge is 0.418 e. The van der Waals surface area contributed by atoms with Gasteiger partial charge in [0.1, 0.15) is 5.75 Å². The second kappa shape index (κ2) is 4.61. The van der Waals surface area contributed by atoms with Crippen LogP contribution >= 0.6 is 0 Å². The number of fused-ring (bicyclic) bond motifs is 3. The molecule has 0 saturated carbocycles. The zero-order valence-corrected chi connectivity index (χ0v) is 11.2. The Balaban J connectivity index is 2.26. The van der Waals surface area contributed by atoms with E-state index >= 15 is 0 Å². The maximum absolute atomic E-state index is 12.0. The molecule has 1 aromatic heterocycles. The molecule has 1 aliphatic rings. The van der Waals surface area contributed by atoms with E-state index in [2.05, 4.69) is 6.07 Å². The normalized spacial score (nSPS) is 13.6. The first kappa shape index (κ1) is 12.1. The Morgan fingerprint density at radius 3 is 3.00 bits per heavy atom. The SMILES string of the molecule is CCOC(=O)n1ccc2c(OC)cc3c(c21)CCC3. The van der Waals surface area contributed by atoms with Crippen LogP contribution in [0.4, 0.5) is 4.79 Å². The van der Waals surface area contributed by atoms with Gasteiger partial charge in [-0.25, -0.2) is 4.79 Å². The first-order valence-corrected chi connectivity index (χ1v) is 6.63. The Kier molecular flexibility index (Phi) is 2.93. The van der Waals surface area contributed by atoms with Crippen molar-refractivity contribution in [2.75, 3.05) is 13.7 Å². The van der Waals surface area contributed by atoms with E-state index < -0.39 is 0 Å². The largest absolute Gasteiger partial charge is 0.496 e. The molecule has 1 aliphatic carbocycles. The number of carbonyl (C=O) groups is 1. The molecular formula is C15H17NO3. The van der Waals surface area contributed by atoms with Gasteiger partial charge in [0.05, 0.1) is 19.2 Å². The number of ether oxygens (including phenoxy) is 2. The molecule has 0 fully saturated rings. The highest BCUT2D eigenvalue weighted by atomic mass is 16.5. The van der Waals surface area contributed by atoms with E-state index in [1.54, 1.807) is 17.9 Å². The highest BCUT2D eigenvalue weighted by Crippen LogP contribution is 2.36. The third-order valence-corrected chi connectivity index (χ3v) is 3.69. The summed E-state index contributed by atoms with van der Waals surface area (Å²) < 4.78 is 12.2. The third-order valence-electron chi connectivity index (χ3n) is 3.69. The topological polar surface area (TPSA) is 40.5 Å². The predicted molar refractivity (Wildman–Crippen MR) is 72.9 cm³/mol. The average molecular weight is 259 g/mol. The Morgan fingerprint density at radius 2 is 2.26 bits per heavy atom. The molecule has 2 aromatic rings. The van der Waals surface area contributed by atoms with Gasteiger partial charge < -0.3 is 9.47 Å². The summed E-state index contributed by atoms with van der Waals surface area (Å²) in [5, 5.41) is 0.983. The number of hydrogen-bond acceptors (Lipinski definition) is 3. The predicted octanol–water partition coefficient (Wildman–Crippen LogP) is 3.14. The molecule has 0 N–H and O–H groups in total. The van der Waals surface area contributed by atoms with Gasteiger partial charge in [0.15, 0.2) is 0 Å². The fraction of sp³-hybridized carbons (Fsp3) is 0.400. The Bertz CT molecular complexity index is 642. The van der Waals surface area contributed by atoms with Crippen LogP contribution in [0.5, 0.6) is 5.75 Å². The van der Waals surface area contributed by atoms with Gasteiger partial charge >= 0.3 is 6.09 Å². The lowest BCUT2D eigenvalue weighted by Gasteiger charge is -2.10. The number of hydrogen-bond donors (Lipinski definition) is 0. The van der Waals surface area contributed by atoms with Crippen LogP contribution in [0.15, 0.2) is 18.3 Å². The fourth-order valence-corrected chi connectivity index (χ4v) is 2.89. The van der Waals surface area contributed by atoms with Crippen molar-refractivity contribution in [1.82, 2.24) is 4.57 Å². The van der Waals surface area contributed by atoms with Crippen molar-refractivity contribution in [3.05, 3.63) is 29.5 Å². The Morgan fingerprint density at radius 1 is 1.42 bits per heavy atom. The summed E-state index contributed by atoms with van der Waals surface area (Å²) in [6.07, 6.45) is 4.64. The van der Waals surface area contributed by atoms with Crippen LogP contribution in [0.2, 0.25) is 0 Å². The minimum absolute atomic E-state index is 0.320. The van der Waals surface area contributed by atoms with Crippen LogP contribution in [-0.4, -0.2) is 24.4 Å². The van der Waals surface area contributed by atoms with E-state index in [0.717, 1.165) is 35.9 Å². The fourth-order valence-electron chi connectivity index (χ4n) is 2.89. The molecule has 0 spiro atoms. The first-order chi connectivity index (χ1) is 9.26. The van der Waals surface area contributed by atoms with Crippen molar-refractivity contribution in [3.63, 3.8) is 0 Å². The average Bonchev–Trinajstić information content (AvgIpc) is 3.03. The molecule has 4 nitrogen and oxygen atoms in total. The van der Waals surface area contributed by atoms with Crippen LogP contribution in [0.3, 0.4) is 0 Å². The summed E-state index contributed by atoms with van der Waals surface area (Å²) in [5.74, 6) is 0.832. The van der Waals surface area contributed by atoms with E-state index in [1.165, 1.54) is 11.1 Å². The zero-order chi connectivity index (χ0) is 13.4. The summed E-state index contributed by atoms with van der Waals surface area (Å²) in [6.45, 7) is 2.19. The molecule has 0 saturated heterocycles. The van der Waals surface area contributed by atoms with E-state index in [9.17, 15) is 4.79 Å². The molecule has 19 heavy (non-hydrogen) atoms. The minimum Gasteiger partial charge on any atom is -0.496 e. The van der Waals surface area contributed by atoms with Gasteiger partial charge in [0.25, 0.3) is 0 Å². The number of aromatic nitrogens is 1. The Hall–Kier alpha value is -1.97.